The van der Waals surface area contributed by atoms with Gasteiger partial charge in [-0.25, -0.2) is 18.7 Å². The number of benzene rings is 2. The Morgan fingerprint density at radius 3 is 2.84 bits per heavy atom. The molecular weight excluding hydrogens is 496 g/mol. The van der Waals surface area contributed by atoms with Gasteiger partial charge in [0.2, 0.25) is 5.91 Å². The van der Waals surface area contributed by atoms with Crippen LogP contribution in [-0.4, -0.2) is 56.1 Å². The number of ether oxygens (including phenoxy) is 1. The summed E-state index contributed by atoms with van der Waals surface area (Å²) in [5.41, 5.74) is 0.699. The fourth-order valence-electron chi connectivity index (χ4n) is 3.56. The lowest BCUT2D eigenvalue weighted by atomic mass is 10.1. The molecule has 0 radical (unpaired) electrons. The van der Waals surface area contributed by atoms with Crippen molar-refractivity contribution in [2.24, 2.45) is 0 Å². The maximum absolute atomic E-state index is 13.8. The molecule has 1 amide bonds. The van der Waals surface area contributed by atoms with Gasteiger partial charge in [-0.3, -0.25) is 9.48 Å². The lowest BCUT2D eigenvalue weighted by molar-refractivity contribution is -0.116. The minimum absolute atomic E-state index is 0.0581. The lowest BCUT2D eigenvalue weighted by Crippen LogP contribution is -2.43. The molecule has 0 aliphatic heterocycles. The summed E-state index contributed by atoms with van der Waals surface area (Å²) in [5, 5.41) is 23.0. The van der Waals surface area contributed by atoms with Crippen LogP contribution in [0.4, 0.5) is 26.0 Å². The molecule has 0 aliphatic rings. The van der Waals surface area contributed by atoms with E-state index in [0.29, 0.717) is 35.9 Å². The number of hydrogen-bond acceptors (Lipinski definition) is 8. The zero-order chi connectivity index (χ0) is 27.1. The summed E-state index contributed by atoms with van der Waals surface area (Å²) >= 11 is 0. The molecule has 0 bridgehead atoms. The summed E-state index contributed by atoms with van der Waals surface area (Å²) in [6, 6.07) is 9.08. The van der Waals surface area contributed by atoms with Crippen molar-refractivity contribution in [3.8, 4) is 5.75 Å². The third-order valence-corrected chi connectivity index (χ3v) is 5.62. The van der Waals surface area contributed by atoms with Crippen LogP contribution in [0.3, 0.4) is 0 Å². The number of halogens is 2. The third kappa shape index (κ3) is 6.99. The molecule has 10 nitrogen and oxygen atoms in total. The van der Waals surface area contributed by atoms with Gasteiger partial charge < -0.3 is 25.8 Å². The zero-order valence-corrected chi connectivity index (χ0v) is 21.0. The van der Waals surface area contributed by atoms with E-state index in [1.807, 2.05) is 32.0 Å². The topological polar surface area (TPSA) is 126 Å². The van der Waals surface area contributed by atoms with Crippen molar-refractivity contribution < 1.29 is 23.4 Å². The number of nitrogens with zero attached hydrogens (tertiary/aromatic N) is 4. The van der Waals surface area contributed by atoms with Gasteiger partial charge >= 0.3 is 0 Å². The average Bonchev–Trinajstić information content (AvgIpc) is 3.33. The van der Waals surface area contributed by atoms with Crippen molar-refractivity contribution in [1.29, 1.82) is 0 Å². The van der Waals surface area contributed by atoms with Gasteiger partial charge in [0.25, 0.3) is 0 Å². The maximum atomic E-state index is 13.8. The van der Waals surface area contributed by atoms with E-state index in [9.17, 15) is 18.7 Å². The fraction of sp³-hybridized carbons (Fsp3) is 0.308. The van der Waals surface area contributed by atoms with E-state index in [1.54, 1.807) is 6.20 Å². The van der Waals surface area contributed by atoms with Crippen LogP contribution >= 0.6 is 0 Å². The zero-order valence-electron chi connectivity index (χ0n) is 21.0. The van der Waals surface area contributed by atoms with E-state index in [-0.39, 0.29) is 24.4 Å². The van der Waals surface area contributed by atoms with Crippen molar-refractivity contribution in [2.75, 3.05) is 30.4 Å². The van der Waals surface area contributed by atoms with Crippen molar-refractivity contribution in [1.82, 2.24) is 25.1 Å². The Labute approximate surface area is 218 Å². The Morgan fingerprint density at radius 1 is 1.18 bits per heavy atom. The summed E-state index contributed by atoms with van der Waals surface area (Å²) in [5.74, 6) is -1.50. The van der Waals surface area contributed by atoms with Crippen LogP contribution < -0.4 is 20.7 Å². The van der Waals surface area contributed by atoms with Gasteiger partial charge in [-0.15, -0.1) is 0 Å². The SMILES string of the molecule is CC(C)(CO)NCCCOc1ccc2c(Nc3cnn(CC(=O)Nc4cccc(F)c4F)c3)ncnc2c1. The van der Waals surface area contributed by atoms with Gasteiger partial charge in [-0.05, 0) is 51.1 Å². The molecule has 200 valence electrons. The molecule has 0 spiro atoms. The van der Waals surface area contributed by atoms with E-state index < -0.39 is 17.5 Å². The summed E-state index contributed by atoms with van der Waals surface area (Å²) < 4.78 is 34.3. The lowest BCUT2D eigenvalue weighted by Gasteiger charge is -2.23. The number of aromatic nitrogens is 4. The van der Waals surface area contributed by atoms with Gasteiger partial charge in [0.1, 0.15) is 24.4 Å². The van der Waals surface area contributed by atoms with Crippen LogP contribution in [0.1, 0.15) is 20.3 Å². The number of carbonyl (C=O) groups is 1. The number of aliphatic hydroxyl groups is 1. The fourth-order valence-corrected chi connectivity index (χ4v) is 3.56. The number of hydrogen-bond donors (Lipinski definition) is 4. The normalized spacial score (nSPS) is 11.5. The molecule has 0 unspecified atom stereocenters. The Kier molecular flexibility index (Phi) is 8.44. The van der Waals surface area contributed by atoms with Gasteiger partial charge in [0.05, 0.1) is 36.3 Å². The van der Waals surface area contributed by atoms with Crippen molar-refractivity contribution in [3.63, 3.8) is 0 Å². The first-order valence-corrected chi connectivity index (χ1v) is 12.0. The Bertz CT molecular complexity index is 1410. The molecule has 0 saturated carbocycles. The van der Waals surface area contributed by atoms with E-state index in [2.05, 4.69) is 31.0 Å². The molecule has 4 rings (SSSR count). The van der Waals surface area contributed by atoms with Crippen LogP contribution in [0.25, 0.3) is 10.9 Å². The minimum atomic E-state index is -1.12. The van der Waals surface area contributed by atoms with Crippen molar-refractivity contribution in [2.45, 2.75) is 32.4 Å². The van der Waals surface area contributed by atoms with E-state index in [0.717, 1.165) is 17.9 Å². The van der Waals surface area contributed by atoms with Gasteiger partial charge in [0.15, 0.2) is 11.6 Å². The number of nitrogens with one attached hydrogen (secondary N) is 3. The number of fused-ring (bicyclic) bond motifs is 1. The molecule has 0 fully saturated rings. The summed E-state index contributed by atoms with van der Waals surface area (Å²) in [6.45, 7) is 4.95. The largest absolute Gasteiger partial charge is 0.493 e. The number of amides is 1. The quantitative estimate of drug-likeness (QED) is 0.207. The Balaban J connectivity index is 1.34. The molecular formula is C26H29F2N7O3. The molecule has 38 heavy (non-hydrogen) atoms. The highest BCUT2D eigenvalue weighted by Gasteiger charge is 2.15. The standard InChI is InChI=1S/C26H29F2N7O3/c1-26(2,15-36)31-9-4-10-38-18-7-8-19-22(11-18)29-16-30-25(19)33-17-12-32-35(13-17)14-23(37)34-21-6-3-5-20(27)24(21)28/h3,5-8,11-13,16,31,36H,4,9-10,14-15H2,1-2H3,(H,34,37)(H,29,30,33). The molecule has 0 saturated heterocycles. The Hall–Kier alpha value is -4.16. The molecule has 4 N–H and O–H groups in total. The van der Waals surface area contributed by atoms with Gasteiger partial charge in [0, 0.05) is 23.2 Å². The predicted molar refractivity (Wildman–Crippen MR) is 139 cm³/mol. The van der Waals surface area contributed by atoms with Crippen LogP contribution in [-0.2, 0) is 11.3 Å². The third-order valence-electron chi connectivity index (χ3n) is 5.62. The molecule has 0 aliphatic carbocycles. The van der Waals surface area contributed by atoms with E-state index in [1.165, 1.54) is 29.3 Å². The molecule has 0 atom stereocenters. The first-order chi connectivity index (χ1) is 18.2. The monoisotopic (exact) mass is 525 g/mol. The highest BCUT2D eigenvalue weighted by Crippen LogP contribution is 2.26. The number of rotatable bonds is 12. The smallest absolute Gasteiger partial charge is 0.246 e. The highest BCUT2D eigenvalue weighted by atomic mass is 19.2. The highest BCUT2D eigenvalue weighted by molar-refractivity contribution is 5.92. The summed E-state index contributed by atoms with van der Waals surface area (Å²) in [4.78, 5) is 20.9. The first kappa shape index (κ1) is 26.9. The average molecular weight is 526 g/mol. The molecule has 12 heteroatoms. The van der Waals surface area contributed by atoms with Crippen LogP contribution in [0, 0.1) is 11.6 Å². The minimum Gasteiger partial charge on any atom is -0.493 e. The van der Waals surface area contributed by atoms with Crippen molar-refractivity contribution in [3.05, 3.63) is 66.8 Å². The first-order valence-electron chi connectivity index (χ1n) is 12.0. The maximum Gasteiger partial charge on any atom is 0.246 e. The number of aliphatic hydroxyl groups excluding tert-OH is 1. The van der Waals surface area contributed by atoms with E-state index >= 15 is 0 Å². The second-order valence-electron chi connectivity index (χ2n) is 9.27. The van der Waals surface area contributed by atoms with E-state index in [4.69, 9.17) is 4.74 Å². The Morgan fingerprint density at radius 2 is 2.03 bits per heavy atom. The predicted octanol–water partition coefficient (Wildman–Crippen LogP) is 3.62. The second kappa shape index (κ2) is 11.9. The summed E-state index contributed by atoms with van der Waals surface area (Å²) in [6.07, 6.45) is 5.32. The summed E-state index contributed by atoms with van der Waals surface area (Å²) in [7, 11) is 0. The van der Waals surface area contributed by atoms with Crippen LogP contribution in [0.15, 0.2) is 55.1 Å². The number of anilines is 3. The molecule has 2 aromatic heterocycles. The van der Waals surface area contributed by atoms with Crippen LogP contribution in [0.5, 0.6) is 5.75 Å². The van der Waals surface area contributed by atoms with Gasteiger partial charge in [-0.2, -0.15) is 5.10 Å². The van der Waals surface area contributed by atoms with Crippen LogP contribution in [0.2, 0.25) is 0 Å². The second-order valence-corrected chi connectivity index (χ2v) is 9.27. The molecule has 2 aromatic carbocycles. The van der Waals surface area contributed by atoms with Crippen molar-refractivity contribution >= 4 is 34.0 Å². The molecule has 4 aromatic rings. The van der Waals surface area contributed by atoms with Gasteiger partial charge in [-0.1, -0.05) is 6.07 Å². The number of carbonyl (C=O) groups excluding carboxylic acids is 1. The molecule has 2 heterocycles.